The summed E-state index contributed by atoms with van der Waals surface area (Å²) in [7, 11) is 0. The first-order valence-corrected chi connectivity index (χ1v) is 22.5. The molecule has 3 aromatic heterocycles. The minimum atomic E-state index is 0.511. The van der Waals surface area contributed by atoms with E-state index in [1.807, 2.05) is 140 Å². The Morgan fingerprint density at radius 2 is 0.618 bits per heavy atom. The number of fused-ring (bicyclic) bond motifs is 3. The molecule has 68 heavy (non-hydrogen) atoms. The van der Waals surface area contributed by atoms with E-state index in [1.165, 1.54) is 0 Å². The van der Waals surface area contributed by atoms with Crippen molar-refractivity contribution in [3.63, 3.8) is 0 Å². The Balaban J connectivity index is 1.03. The van der Waals surface area contributed by atoms with Crippen LogP contribution in [0.3, 0.4) is 0 Å². The van der Waals surface area contributed by atoms with Crippen molar-refractivity contribution in [1.29, 1.82) is 0 Å². The van der Waals surface area contributed by atoms with Gasteiger partial charge in [-0.25, -0.2) is 19.9 Å². The van der Waals surface area contributed by atoms with E-state index in [-0.39, 0.29) is 0 Å². The lowest BCUT2D eigenvalue weighted by Crippen LogP contribution is -2.15. The highest BCUT2D eigenvalue weighted by molar-refractivity contribution is 6.12. The molecule has 9 aromatic carbocycles. The Kier molecular flexibility index (Phi) is 10.3. The molecule has 0 N–H and O–H groups in total. The third-order valence-corrected chi connectivity index (χ3v) is 12.1. The van der Waals surface area contributed by atoms with Gasteiger partial charge in [0.1, 0.15) is 0 Å². The number of nitrogens with zero attached hydrogens (tertiary/aromatic N) is 8. The van der Waals surface area contributed by atoms with Crippen molar-refractivity contribution < 1.29 is 0 Å². The Morgan fingerprint density at radius 3 is 1.07 bits per heavy atom. The Morgan fingerprint density at radius 1 is 0.265 bits per heavy atom. The van der Waals surface area contributed by atoms with E-state index in [0.29, 0.717) is 35.1 Å². The smallest absolute Gasteiger partial charge is 0.238 e. The van der Waals surface area contributed by atoms with Gasteiger partial charge >= 0.3 is 0 Å². The van der Waals surface area contributed by atoms with Crippen LogP contribution in [0.1, 0.15) is 0 Å². The third-order valence-electron chi connectivity index (χ3n) is 12.1. The molecule has 0 radical (unpaired) electrons. The SMILES string of the molecule is c1ccc(-c2ccc3c(c2)c2cc(N(c4ccccc4)c4nc(-c5ccccc5)nc(-c5ccccc5)n4)ccc2n3-c2ccc(-c3nc(-c4ccccc4)nc(-c4ccccc4)n3)cc2)cc1. The zero-order valence-electron chi connectivity index (χ0n) is 36.7. The lowest BCUT2D eigenvalue weighted by Gasteiger charge is -2.24. The minimum Gasteiger partial charge on any atom is -0.309 e. The predicted octanol–water partition coefficient (Wildman–Crippen LogP) is 14.6. The molecule has 0 amide bonds. The number of benzene rings is 9. The number of hydrogen-bond donors (Lipinski definition) is 0. The van der Waals surface area contributed by atoms with Crippen molar-refractivity contribution in [2.45, 2.75) is 0 Å². The minimum absolute atomic E-state index is 0.511. The van der Waals surface area contributed by atoms with Crippen LogP contribution in [0.15, 0.2) is 243 Å². The maximum absolute atomic E-state index is 5.19. The van der Waals surface area contributed by atoms with E-state index in [2.05, 4.69) is 113 Å². The second-order valence-corrected chi connectivity index (χ2v) is 16.4. The van der Waals surface area contributed by atoms with E-state index in [0.717, 1.165) is 77.8 Å². The van der Waals surface area contributed by atoms with Gasteiger partial charge in [-0.15, -0.1) is 0 Å². The number of hydrogen-bond acceptors (Lipinski definition) is 7. The molecular formula is C60H40N8. The molecule has 0 unspecified atom stereocenters. The van der Waals surface area contributed by atoms with Gasteiger partial charge in [-0.05, 0) is 77.9 Å². The van der Waals surface area contributed by atoms with E-state index in [1.54, 1.807) is 0 Å². The summed E-state index contributed by atoms with van der Waals surface area (Å²) >= 11 is 0. The fourth-order valence-corrected chi connectivity index (χ4v) is 8.79. The number of anilines is 3. The first-order chi connectivity index (χ1) is 33.7. The van der Waals surface area contributed by atoms with Crippen molar-refractivity contribution in [3.8, 4) is 73.8 Å². The van der Waals surface area contributed by atoms with Gasteiger partial charge in [-0.3, -0.25) is 4.90 Å². The molecule has 0 aliphatic carbocycles. The van der Waals surface area contributed by atoms with Crippen LogP contribution in [-0.2, 0) is 0 Å². The number of rotatable bonds is 10. The summed E-state index contributed by atoms with van der Waals surface area (Å²) in [6.45, 7) is 0. The molecule has 0 spiro atoms. The van der Waals surface area contributed by atoms with Crippen molar-refractivity contribution in [2.75, 3.05) is 4.90 Å². The highest BCUT2D eigenvalue weighted by Gasteiger charge is 2.22. The largest absolute Gasteiger partial charge is 0.309 e. The van der Waals surface area contributed by atoms with Gasteiger partial charge in [0, 0.05) is 55.7 Å². The summed E-state index contributed by atoms with van der Waals surface area (Å²) in [4.78, 5) is 32.4. The molecule has 8 heteroatoms. The first-order valence-electron chi connectivity index (χ1n) is 22.5. The van der Waals surface area contributed by atoms with Crippen LogP contribution in [0.5, 0.6) is 0 Å². The topological polar surface area (TPSA) is 85.5 Å². The highest BCUT2D eigenvalue weighted by atomic mass is 15.3. The molecule has 0 fully saturated rings. The van der Waals surface area contributed by atoms with Gasteiger partial charge in [0.05, 0.1) is 11.0 Å². The van der Waals surface area contributed by atoms with Crippen molar-refractivity contribution in [3.05, 3.63) is 243 Å². The molecular weight excluding hydrogens is 833 g/mol. The highest BCUT2D eigenvalue weighted by Crippen LogP contribution is 2.41. The van der Waals surface area contributed by atoms with Crippen LogP contribution in [-0.4, -0.2) is 34.5 Å². The summed E-state index contributed by atoms with van der Waals surface area (Å²) < 4.78 is 2.34. The zero-order chi connectivity index (χ0) is 45.2. The molecule has 8 nitrogen and oxygen atoms in total. The molecule has 320 valence electrons. The maximum Gasteiger partial charge on any atom is 0.238 e. The Hall–Kier alpha value is -9.40. The Bertz CT molecular complexity index is 3580. The standard InChI is InChI=1S/C60H40N8/c1-7-19-41(20-8-1)47-33-37-53-51(39-47)52-40-50(67(48-29-17-6-18-30-48)60-65-58(44-25-13-4-14-26-44)64-59(66-60)45-27-15-5-16-28-45)36-38-54(52)68(53)49-34-31-46(32-35-49)57-62-55(42-21-9-2-10-22-42)61-56(63-57)43-23-11-3-12-24-43/h1-40H. The van der Waals surface area contributed by atoms with E-state index in [4.69, 9.17) is 29.9 Å². The van der Waals surface area contributed by atoms with Crippen LogP contribution in [0.25, 0.3) is 95.6 Å². The Labute approximate surface area is 393 Å². The average molecular weight is 873 g/mol. The summed E-state index contributed by atoms with van der Waals surface area (Å²) in [5.74, 6) is 3.55. The van der Waals surface area contributed by atoms with E-state index >= 15 is 0 Å². The lowest BCUT2D eigenvalue weighted by molar-refractivity contribution is 1.02. The molecule has 0 atom stereocenters. The normalized spacial score (nSPS) is 11.2. The van der Waals surface area contributed by atoms with Gasteiger partial charge in [0.15, 0.2) is 29.1 Å². The van der Waals surface area contributed by atoms with Gasteiger partial charge in [-0.2, -0.15) is 9.97 Å². The fourth-order valence-electron chi connectivity index (χ4n) is 8.79. The summed E-state index contributed by atoms with van der Waals surface area (Å²) in [5, 5.41) is 2.20. The van der Waals surface area contributed by atoms with E-state index in [9.17, 15) is 0 Å². The zero-order valence-corrected chi connectivity index (χ0v) is 36.7. The molecule has 0 bridgehead atoms. The van der Waals surface area contributed by atoms with Crippen LogP contribution < -0.4 is 4.90 Å². The first kappa shape index (κ1) is 40.1. The van der Waals surface area contributed by atoms with Crippen LogP contribution in [0.4, 0.5) is 17.3 Å². The van der Waals surface area contributed by atoms with E-state index < -0.39 is 0 Å². The fraction of sp³-hybridized carbons (Fsp3) is 0. The van der Waals surface area contributed by atoms with Crippen molar-refractivity contribution in [2.24, 2.45) is 0 Å². The van der Waals surface area contributed by atoms with Gasteiger partial charge in [0.25, 0.3) is 0 Å². The third kappa shape index (κ3) is 7.71. The summed E-state index contributed by atoms with van der Waals surface area (Å²) in [6.07, 6.45) is 0. The second-order valence-electron chi connectivity index (χ2n) is 16.4. The van der Waals surface area contributed by atoms with Crippen LogP contribution in [0, 0.1) is 0 Å². The van der Waals surface area contributed by atoms with Gasteiger partial charge < -0.3 is 4.57 Å². The van der Waals surface area contributed by atoms with Crippen molar-refractivity contribution >= 4 is 39.1 Å². The summed E-state index contributed by atoms with van der Waals surface area (Å²) in [6, 6.07) is 83.0. The van der Waals surface area contributed by atoms with Crippen LogP contribution >= 0.6 is 0 Å². The molecule has 12 aromatic rings. The lowest BCUT2D eigenvalue weighted by atomic mass is 10.0. The second kappa shape index (κ2) is 17.5. The monoisotopic (exact) mass is 872 g/mol. The predicted molar refractivity (Wildman–Crippen MR) is 275 cm³/mol. The average Bonchev–Trinajstić information content (AvgIpc) is 3.75. The summed E-state index contributed by atoms with van der Waals surface area (Å²) in [5.41, 5.74) is 11.8. The molecule has 0 saturated heterocycles. The number of para-hydroxylation sites is 1. The quantitative estimate of drug-likeness (QED) is 0.135. The molecule has 0 aliphatic rings. The molecule has 12 rings (SSSR count). The van der Waals surface area contributed by atoms with Crippen LogP contribution in [0.2, 0.25) is 0 Å². The number of aromatic nitrogens is 7. The molecule has 3 heterocycles. The molecule has 0 aliphatic heterocycles. The van der Waals surface area contributed by atoms with Crippen molar-refractivity contribution in [1.82, 2.24) is 34.5 Å². The van der Waals surface area contributed by atoms with Gasteiger partial charge in [0.2, 0.25) is 5.95 Å². The maximum atomic E-state index is 5.19. The molecule has 0 saturated carbocycles. The van der Waals surface area contributed by atoms with Gasteiger partial charge in [-0.1, -0.05) is 176 Å².